The topological polar surface area (TPSA) is 46.9 Å². The molecule has 0 saturated heterocycles. The smallest absolute Gasteiger partial charge is 0.220 e. The first kappa shape index (κ1) is 15.5. The van der Waals surface area contributed by atoms with Crippen LogP contribution in [0.3, 0.4) is 0 Å². The monoisotopic (exact) mass is 287 g/mol. The molecule has 1 amide bonds. The zero-order valence-corrected chi connectivity index (χ0v) is 13.2. The molecule has 0 radical (unpaired) electrons. The Morgan fingerprint density at radius 2 is 2.05 bits per heavy atom. The molecule has 1 atom stereocenters. The minimum atomic E-state index is -0.0634. The molecule has 0 aliphatic heterocycles. The lowest BCUT2D eigenvalue weighted by Crippen LogP contribution is -2.28. The normalized spacial score (nSPS) is 12.5. The average molecular weight is 287 g/mol. The second-order valence-corrected chi connectivity index (χ2v) is 5.46. The highest BCUT2D eigenvalue weighted by Crippen LogP contribution is 2.21. The quantitative estimate of drug-likeness (QED) is 0.787. The molecule has 114 valence electrons. The van der Waals surface area contributed by atoms with Gasteiger partial charge in [0.1, 0.15) is 5.82 Å². The van der Waals surface area contributed by atoms with E-state index in [0.717, 1.165) is 29.8 Å². The van der Waals surface area contributed by atoms with Gasteiger partial charge >= 0.3 is 0 Å². The van der Waals surface area contributed by atoms with E-state index in [-0.39, 0.29) is 11.9 Å². The highest BCUT2D eigenvalue weighted by atomic mass is 16.1. The first-order valence-corrected chi connectivity index (χ1v) is 7.91. The van der Waals surface area contributed by atoms with Gasteiger partial charge in [-0.05, 0) is 25.5 Å². The summed E-state index contributed by atoms with van der Waals surface area (Å²) in [5.74, 6) is 1.02. The van der Waals surface area contributed by atoms with Crippen LogP contribution >= 0.6 is 0 Å². The highest BCUT2D eigenvalue weighted by molar-refractivity contribution is 5.77. The Bertz CT molecular complexity index is 603. The molecule has 2 rings (SSSR count). The van der Waals surface area contributed by atoms with E-state index in [2.05, 4.69) is 22.9 Å². The molecule has 4 nitrogen and oxygen atoms in total. The molecule has 4 heteroatoms. The molecule has 0 spiro atoms. The van der Waals surface area contributed by atoms with Gasteiger partial charge < -0.3 is 9.88 Å². The summed E-state index contributed by atoms with van der Waals surface area (Å²) < 4.78 is 2.26. The lowest BCUT2D eigenvalue weighted by atomic mass is 10.2. The lowest BCUT2D eigenvalue weighted by Gasteiger charge is -2.16. The molecule has 0 aliphatic rings. The molecule has 1 aromatic heterocycles. The number of aromatic nitrogens is 2. The van der Waals surface area contributed by atoms with Crippen molar-refractivity contribution >= 4 is 16.9 Å². The highest BCUT2D eigenvalue weighted by Gasteiger charge is 2.17. The van der Waals surface area contributed by atoms with Gasteiger partial charge in [-0.3, -0.25) is 4.79 Å². The van der Waals surface area contributed by atoms with Crippen molar-refractivity contribution in [3.05, 3.63) is 30.1 Å². The van der Waals surface area contributed by atoms with Crippen molar-refractivity contribution in [2.75, 3.05) is 0 Å². The molecule has 0 fully saturated rings. The van der Waals surface area contributed by atoms with Crippen LogP contribution < -0.4 is 5.32 Å². The minimum absolute atomic E-state index is 0.0634. The van der Waals surface area contributed by atoms with Gasteiger partial charge in [0.15, 0.2) is 0 Å². The van der Waals surface area contributed by atoms with Crippen molar-refractivity contribution in [2.45, 2.75) is 59.0 Å². The second-order valence-electron chi connectivity index (χ2n) is 5.46. The van der Waals surface area contributed by atoms with E-state index in [9.17, 15) is 4.79 Å². The third-order valence-corrected chi connectivity index (χ3v) is 3.76. The summed E-state index contributed by atoms with van der Waals surface area (Å²) in [7, 11) is 0. The number of fused-ring (bicyclic) bond motifs is 1. The number of amides is 1. The van der Waals surface area contributed by atoms with E-state index < -0.39 is 0 Å². The zero-order valence-electron chi connectivity index (χ0n) is 13.2. The molecule has 0 aliphatic carbocycles. The predicted molar refractivity (Wildman–Crippen MR) is 86.1 cm³/mol. The zero-order chi connectivity index (χ0) is 15.2. The van der Waals surface area contributed by atoms with Crippen molar-refractivity contribution in [3.63, 3.8) is 0 Å². The summed E-state index contributed by atoms with van der Waals surface area (Å²) in [6.07, 6.45) is 4.05. The van der Waals surface area contributed by atoms with Gasteiger partial charge in [-0.25, -0.2) is 4.98 Å². The molecule has 0 unspecified atom stereocenters. The Labute approximate surface area is 126 Å². The largest absolute Gasteiger partial charge is 0.346 e. The van der Waals surface area contributed by atoms with Crippen LogP contribution in [-0.2, 0) is 11.3 Å². The predicted octanol–water partition coefficient (Wildman–Crippen LogP) is 3.81. The van der Waals surface area contributed by atoms with Gasteiger partial charge in [0, 0.05) is 13.0 Å². The average Bonchev–Trinajstić information content (AvgIpc) is 2.86. The van der Waals surface area contributed by atoms with Gasteiger partial charge in [-0.15, -0.1) is 0 Å². The van der Waals surface area contributed by atoms with Crippen LogP contribution in [0.4, 0.5) is 0 Å². The van der Waals surface area contributed by atoms with E-state index in [0.29, 0.717) is 6.42 Å². The SMILES string of the molecule is CCCCCn1c([C@H](C)NC(=O)CC)nc2ccccc21. The number of para-hydroxylation sites is 2. The summed E-state index contributed by atoms with van der Waals surface area (Å²) in [5, 5.41) is 3.02. The van der Waals surface area contributed by atoms with E-state index in [1.165, 1.54) is 12.8 Å². The van der Waals surface area contributed by atoms with Gasteiger partial charge in [0.25, 0.3) is 0 Å². The van der Waals surface area contributed by atoms with E-state index in [1.54, 1.807) is 0 Å². The number of benzene rings is 1. The van der Waals surface area contributed by atoms with Crippen molar-refractivity contribution in [3.8, 4) is 0 Å². The Kier molecular flexibility index (Phi) is 5.37. The van der Waals surface area contributed by atoms with E-state index in [1.807, 2.05) is 32.0 Å². The van der Waals surface area contributed by atoms with Gasteiger partial charge in [0.05, 0.1) is 17.1 Å². The van der Waals surface area contributed by atoms with Crippen LogP contribution in [0.2, 0.25) is 0 Å². The number of nitrogens with one attached hydrogen (secondary N) is 1. The third kappa shape index (κ3) is 3.63. The van der Waals surface area contributed by atoms with E-state index in [4.69, 9.17) is 4.98 Å². The molecular weight excluding hydrogens is 262 g/mol. The maximum Gasteiger partial charge on any atom is 0.220 e. The molecule has 1 heterocycles. The number of hydrogen-bond donors (Lipinski definition) is 1. The number of carbonyl (C=O) groups excluding carboxylic acids is 1. The molecule has 21 heavy (non-hydrogen) atoms. The lowest BCUT2D eigenvalue weighted by molar-refractivity contribution is -0.121. The van der Waals surface area contributed by atoms with E-state index >= 15 is 0 Å². The standard InChI is InChI=1S/C17H25N3O/c1-4-6-9-12-20-15-11-8-7-10-14(15)19-17(20)13(3)18-16(21)5-2/h7-8,10-11,13H,4-6,9,12H2,1-3H3,(H,18,21)/t13-/m0/s1. The molecule has 2 aromatic rings. The summed E-state index contributed by atoms with van der Waals surface area (Å²) in [6, 6.07) is 8.12. The fraction of sp³-hybridized carbons (Fsp3) is 0.529. The number of hydrogen-bond acceptors (Lipinski definition) is 2. The summed E-state index contributed by atoms with van der Waals surface area (Å²) >= 11 is 0. The number of carbonyl (C=O) groups is 1. The first-order chi connectivity index (χ1) is 10.2. The number of unbranched alkanes of at least 4 members (excludes halogenated alkanes) is 2. The third-order valence-electron chi connectivity index (χ3n) is 3.76. The molecule has 1 N–H and O–H groups in total. The molecular formula is C17H25N3O. The minimum Gasteiger partial charge on any atom is -0.346 e. The van der Waals surface area contributed by atoms with Crippen LogP contribution in [0.15, 0.2) is 24.3 Å². The second kappa shape index (κ2) is 7.25. The fourth-order valence-electron chi connectivity index (χ4n) is 2.59. The number of aryl methyl sites for hydroxylation is 1. The Balaban J connectivity index is 2.31. The first-order valence-electron chi connectivity index (χ1n) is 7.91. The van der Waals surface area contributed by atoms with Crippen molar-refractivity contribution < 1.29 is 4.79 Å². The van der Waals surface area contributed by atoms with Gasteiger partial charge in [-0.2, -0.15) is 0 Å². The van der Waals surface area contributed by atoms with Crippen molar-refractivity contribution in [2.24, 2.45) is 0 Å². The van der Waals surface area contributed by atoms with Crippen LogP contribution in [0, 0.1) is 0 Å². The van der Waals surface area contributed by atoms with Gasteiger partial charge in [-0.1, -0.05) is 38.8 Å². The molecule has 1 aromatic carbocycles. The fourth-order valence-corrected chi connectivity index (χ4v) is 2.59. The maximum atomic E-state index is 11.6. The summed E-state index contributed by atoms with van der Waals surface area (Å²) in [4.78, 5) is 16.4. The number of rotatable bonds is 7. The van der Waals surface area contributed by atoms with Crippen LogP contribution in [-0.4, -0.2) is 15.5 Å². The van der Waals surface area contributed by atoms with Crippen LogP contribution in [0.5, 0.6) is 0 Å². The summed E-state index contributed by atoms with van der Waals surface area (Å²) in [6.45, 7) is 7.03. The van der Waals surface area contributed by atoms with Crippen LogP contribution in [0.1, 0.15) is 58.3 Å². The molecule has 0 bridgehead atoms. The Morgan fingerprint density at radius 1 is 1.29 bits per heavy atom. The van der Waals surface area contributed by atoms with Crippen molar-refractivity contribution in [1.29, 1.82) is 0 Å². The number of imidazole rings is 1. The van der Waals surface area contributed by atoms with Gasteiger partial charge in [0.2, 0.25) is 5.91 Å². The molecule has 0 saturated carbocycles. The van der Waals surface area contributed by atoms with Crippen LogP contribution in [0.25, 0.3) is 11.0 Å². The Hall–Kier alpha value is -1.84. The number of nitrogens with zero attached hydrogens (tertiary/aromatic N) is 2. The van der Waals surface area contributed by atoms with Crippen molar-refractivity contribution in [1.82, 2.24) is 14.9 Å². The summed E-state index contributed by atoms with van der Waals surface area (Å²) in [5.41, 5.74) is 2.16. The maximum absolute atomic E-state index is 11.6. The Morgan fingerprint density at radius 3 is 2.76 bits per heavy atom.